The summed E-state index contributed by atoms with van der Waals surface area (Å²) in [5.41, 5.74) is 6.49. The number of carbonyl (C=O) groups is 1. The van der Waals surface area contributed by atoms with Crippen molar-refractivity contribution in [1.82, 2.24) is 10.6 Å². The number of amides is 1. The first-order valence-electron chi connectivity index (χ1n) is 7.68. The lowest BCUT2D eigenvalue weighted by molar-refractivity contribution is 0.132. The molecular weight excluding hydrogens is 266 g/mol. The summed E-state index contributed by atoms with van der Waals surface area (Å²) < 4.78 is 5.24. The summed E-state index contributed by atoms with van der Waals surface area (Å²) in [4.78, 5) is 11.8. The van der Waals surface area contributed by atoms with Crippen molar-refractivity contribution in [3.63, 3.8) is 0 Å². The Hall–Kier alpha value is -1.59. The summed E-state index contributed by atoms with van der Waals surface area (Å²) in [7, 11) is 0. The Bertz CT molecular complexity index is 417. The van der Waals surface area contributed by atoms with Gasteiger partial charge in [0.2, 0.25) is 0 Å². The van der Waals surface area contributed by atoms with E-state index in [2.05, 4.69) is 10.6 Å². The molecule has 2 rings (SSSR count). The Labute approximate surface area is 126 Å². The molecule has 0 bridgehead atoms. The highest BCUT2D eigenvalue weighted by molar-refractivity contribution is 5.67. The standard InChI is InChI=1S/C16H25N3O2/c17-10-11-18-14-6-8-15(9-7-14)19-16(20)21-12-13-4-2-1-3-5-13/h1-5,14-15,18H,6-12,17H2,(H,19,20)/t14-,15-. The van der Waals surface area contributed by atoms with E-state index in [1.807, 2.05) is 30.3 Å². The first-order valence-corrected chi connectivity index (χ1v) is 7.68. The SMILES string of the molecule is NCCN[C@H]1CC[C@H](NC(=O)OCc2ccccc2)CC1. The zero-order valence-electron chi connectivity index (χ0n) is 12.4. The van der Waals surface area contributed by atoms with Gasteiger partial charge in [0.15, 0.2) is 0 Å². The summed E-state index contributed by atoms with van der Waals surface area (Å²) in [5, 5.41) is 6.37. The molecule has 0 saturated heterocycles. The van der Waals surface area contributed by atoms with Crippen molar-refractivity contribution < 1.29 is 9.53 Å². The van der Waals surface area contributed by atoms with Crippen LogP contribution in [0.15, 0.2) is 30.3 Å². The molecule has 1 aromatic carbocycles. The molecule has 1 fully saturated rings. The van der Waals surface area contributed by atoms with Gasteiger partial charge in [0.05, 0.1) is 0 Å². The Morgan fingerprint density at radius 3 is 2.48 bits per heavy atom. The first kappa shape index (κ1) is 15.8. The predicted molar refractivity (Wildman–Crippen MR) is 82.9 cm³/mol. The number of hydrogen-bond acceptors (Lipinski definition) is 4. The van der Waals surface area contributed by atoms with E-state index in [0.29, 0.717) is 19.2 Å². The lowest BCUT2D eigenvalue weighted by Crippen LogP contribution is -2.43. The number of nitrogens with one attached hydrogen (secondary N) is 2. The maximum atomic E-state index is 11.8. The maximum absolute atomic E-state index is 11.8. The molecule has 0 spiro atoms. The van der Waals surface area contributed by atoms with Crippen LogP contribution in [0.4, 0.5) is 4.79 Å². The van der Waals surface area contributed by atoms with E-state index in [4.69, 9.17) is 10.5 Å². The summed E-state index contributed by atoms with van der Waals surface area (Å²) in [5.74, 6) is 0. The van der Waals surface area contributed by atoms with Crippen LogP contribution in [0.2, 0.25) is 0 Å². The molecule has 0 atom stereocenters. The fourth-order valence-electron chi connectivity index (χ4n) is 2.66. The smallest absolute Gasteiger partial charge is 0.407 e. The third-order valence-corrected chi connectivity index (χ3v) is 3.84. The zero-order valence-corrected chi connectivity index (χ0v) is 12.4. The number of carbonyl (C=O) groups excluding carboxylic acids is 1. The van der Waals surface area contributed by atoms with Gasteiger partial charge in [-0.15, -0.1) is 0 Å². The van der Waals surface area contributed by atoms with Crippen molar-refractivity contribution in [2.45, 2.75) is 44.4 Å². The lowest BCUT2D eigenvalue weighted by atomic mass is 9.91. The number of alkyl carbamates (subject to hydrolysis) is 1. The van der Waals surface area contributed by atoms with Gasteiger partial charge in [0.1, 0.15) is 6.61 Å². The van der Waals surface area contributed by atoms with Crippen molar-refractivity contribution in [1.29, 1.82) is 0 Å². The van der Waals surface area contributed by atoms with Crippen LogP contribution in [0.25, 0.3) is 0 Å². The zero-order chi connectivity index (χ0) is 14.9. The Kier molecular flexibility index (Phi) is 6.50. The molecule has 0 unspecified atom stereocenters. The molecule has 1 aromatic rings. The van der Waals surface area contributed by atoms with Crippen molar-refractivity contribution in [2.24, 2.45) is 5.73 Å². The van der Waals surface area contributed by atoms with Gasteiger partial charge in [-0.05, 0) is 31.2 Å². The Balaban J connectivity index is 1.63. The van der Waals surface area contributed by atoms with Gasteiger partial charge in [-0.1, -0.05) is 30.3 Å². The fourth-order valence-corrected chi connectivity index (χ4v) is 2.66. The molecule has 0 heterocycles. The van der Waals surface area contributed by atoms with E-state index >= 15 is 0 Å². The minimum atomic E-state index is -0.322. The second-order valence-electron chi connectivity index (χ2n) is 5.50. The van der Waals surface area contributed by atoms with Crippen LogP contribution in [0.5, 0.6) is 0 Å². The van der Waals surface area contributed by atoms with E-state index in [9.17, 15) is 4.79 Å². The number of nitrogens with two attached hydrogens (primary N) is 1. The van der Waals surface area contributed by atoms with E-state index in [0.717, 1.165) is 37.8 Å². The number of rotatable bonds is 6. The maximum Gasteiger partial charge on any atom is 0.407 e. The Morgan fingerprint density at radius 2 is 1.81 bits per heavy atom. The average molecular weight is 291 g/mol. The molecule has 4 N–H and O–H groups in total. The predicted octanol–water partition coefficient (Wildman–Crippen LogP) is 1.77. The number of benzene rings is 1. The van der Waals surface area contributed by atoms with Gasteiger partial charge < -0.3 is 21.1 Å². The minimum Gasteiger partial charge on any atom is -0.445 e. The van der Waals surface area contributed by atoms with E-state index in [-0.39, 0.29) is 12.1 Å². The van der Waals surface area contributed by atoms with Crippen LogP contribution in [0.1, 0.15) is 31.2 Å². The topological polar surface area (TPSA) is 76.4 Å². The molecule has 116 valence electrons. The summed E-state index contributed by atoms with van der Waals surface area (Å²) in [6.45, 7) is 1.85. The quantitative estimate of drug-likeness (QED) is 0.746. The van der Waals surface area contributed by atoms with Crippen molar-refractivity contribution in [3.8, 4) is 0 Å². The molecule has 1 aliphatic carbocycles. The van der Waals surface area contributed by atoms with E-state index < -0.39 is 0 Å². The molecule has 1 amide bonds. The van der Waals surface area contributed by atoms with E-state index in [1.54, 1.807) is 0 Å². The van der Waals surface area contributed by atoms with Gasteiger partial charge in [0.25, 0.3) is 0 Å². The molecule has 0 aliphatic heterocycles. The van der Waals surface area contributed by atoms with Crippen molar-refractivity contribution in [3.05, 3.63) is 35.9 Å². The third kappa shape index (κ3) is 5.73. The van der Waals surface area contributed by atoms with Crippen LogP contribution in [-0.4, -0.2) is 31.3 Å². The molecular formula is C16H25N3O2. The summed E-state index contributed by atoms with van der Waals surface area (Å²) in [6.07, 6.45) is 3.80. The van der Waals surface area contributed by atoms with Gasteiger partial charge in [0, 0.05) is 25.2 Å². The number of ether oxygens (including phenoxy) is 1. The second-order valence-corrected chi connectivity index (χ2v) is 5.50. The second kappa shape index (κ2) is 8.64. The van der Waals surface area contributed by atoms with Crippen molar-refractivity contribution in [2.75, 3.05) is 13.1 Å². The highest BCUT2D eigenvalue weighted by Crippen LogP contribution is 2.18. The average Bonchev–Trinajstić information content (AvgIpc) is 2.53. The summed E-state index contributed by atoms with van der Waals surface area (Å²) >= 11 is 0. The molecule has 21 heavy (non-hydrogen) atoms. The molecule has 5 nitrogen and oxygen atoms in total. The first-order chi connectivity index (χ1) is 10.3. The van der Waals surface area contributed by atoms with Crippen LogP contribution in [-0.2, 0) is 11.3 Å². The van der Waals surface area contributed by atoms with Gasteiger partial charge >= 0.3 is 6.09 Å². The third-order valence-electron chi connectivity index (χ3n) is 3.84. The van der Waals surface area contributed by atoms with E-state index in [1.165, 1.54) is 0 Å². The van der Waals surface area contributed by atoms with Gasteiger partial charge in [-0.25, -0.2) is 4.79 Å². The molecule has 0 radical (unpaired) electrons. The molecule has 5 heteroatoms. The Morgan fingerprint density at radius 1 is 1.14 bits per heavy atom. The van der Waals surface area contributed by atoms with Crippen LogP contribution < -0.4 is 16.4 Å². The van der Waals surface area contributed by atoms with Crippen LogP contribution in [0, 0.1) is 0 Å². The minimum absolute atomic E-state index is 0.226. The number of hydrogen-bond donors (Lipinski definition) is 3. The lowest BCUT2D eigenvalue weighted by Gasteiger charge is -2.29. The van der Waals surface area contributed by atoms with Gasteiger partial charge in [-0.3, -0.25) is 0 Å². The molecule has 1 saturated carbocycles. The van der Waals surface area contributed by atoms with Crippen molar-refractivity contribution >= 4 is 6.09 Å². The summed E-state index contributed by atoms with van der Waals surface area (Å²) in [6, 6.07) is 10.5. The van der Waals surface area contributed by atoms with Crippen LogP contribution in [0.3, 0.4) is 0 Å². The van der Waals surface area contributed by atoms with Gasteiger partial charge in [-0.2, -0.15) is 0 Å². The fraction of sp³-hybridized carbons (Fsp3) is 0.562. The normalized spacial score (nSPS) is 21.8. The molecule has 0 aromatic heterocycles. The van der Waals surface area contributed by atoms with Crippen LogP contribution >= 0.6 is 0 Å². The highest BCUT2D eigenvalue weighted by atomic mass is 16.5. The largest absolute Gasteiger partial charge is 0.445 e. The monoisotopic (exact) mass is 291 g/mol. The molecule has 1 aliphatic rings. The highest BCUT2D eigenvalue weighted by Gasteiger charge is 2.22.